The minimum Gasteiger partial charge on any atom is -0.508 e. The standard InChI is InChI=1S/C21H20N2O3S/c1-15-16(2)20(24)14-13-19(15)22-21(17-9-5-3-6-10-17)23-27(25,26)18-11-7-4-8-12-18/h3-14,24H,1-2H3,(H,22,23)/p+1. The molecule has 0 bridgehead atoms. The van der Waals surface area contributed by atoms with Crippen molar-refractivity contribution >= 4 is 21.5 Å². The number of hydrogen-bond donors (Lipinski definition) is 3. The Labute approximate surface area is 159 Å². The van der Waals surface area contributed by atoms with Gasteiger partial charge in [-0.2, -0.15) is 12.8 Å². The molecule has 0 aromatic heterocycles. The molecule has 0 spiro atoms. The van der Waals surface area contributed by atoms with Crippen LogP contribution in [0.2, 0.25) is 0 Å². The SMILES string of the molecule is Cc1c(O)ccc(NC(=[NH+]S(=O)(=O)c2ccccc2)c2ccccc2)c1C. The fraction of sp³-hybridized carbons (Fsp3) is 0.0952. The van der Waals surface area contributed by atoms with E-state index >= 15 is 0 Å². The molecular formula is C21H21N2O3S+. The Morgan fingerprint density at radius 3 is 2.07 bits per heavy atom. The number of benzene rings is 3. The number of aromatic hydroxyl groups is 1. The normalized spacial score (nSPS) is 12.0. The van der Waals surface area contributed by atoms with Crippen molar-refractivity contribution < 1.29 is 17.9 Å². The van der Waals surface area contributed by atoms with E-state index in [0.29, 0.717) is 17.1 Å². The molecule has 0 fully saturated rings. The Hall–Kier alpha value is -3.12. The van der Waals surface area contributed by atoms with E-state index in [2.05, 4.69) is 9.71 Å². The first-order valence-corrected chi connectivity index (χ1v) is 9.93. The van der Waals surface area contributed by atoms with Gasteiger partial charge in [-0.3, -0.25) is 0 Å². The number of nitrogens with one attached hydrogen (secondary N) is 2. The quantitative estimate of drug-likeness (QED) is 0.368. The molecule has 5 nitrogen and oxygen atoms in total. The molecule has 0 saturated heterocycles. The van der Waals surface area contributed by atoms with Gasteiger partial charge < -0.3 is 5.11 Å². The van der Waals surface area contributed by atoms with Crippen LogP contribution in [0.5, 0.6) is 5.75 Å². The van der Waals surface area contributed by atoms with Crippen LogP contribution in [0.3, 0.4) is 0 Å². The fourth-order valence-electron chi connectivity index (χ4n) is 2.63. The number of phenolic OH excluding ortho intramolecular Hbond substituents is 1. The Kier molecular flexibility index (Phi) is 5.28. The number of phenols is 1. The lowest BCUT2D eigenvalue weighted by atomic mass is 10.1. The molecule has 0 aliphatic carbocycles. The molecule has 0 aliphatic rings. The molecule has 0 atom stereocenters. The number of anilines is 1. The summed E-state index contributed by atoms with van der Waals surface area (Å²) >= 11 is 0. The van der Waals surface area contributed by atoms with Gasteiger partial charge >= 0.3 is 10.0 Å². The first kappa shape index (κ1) is 18.7. The van der Waals surface area contributed by atoms with Crippen LogP contribution in [-0.4, -0.2) is 19.4 Å². The second-order valence-electron chi connectivity index (χ2n) is 6.17. The summed E-state index contributed by atoms with van der Waals surface area (Å²) in [6.45, 7) is 3.68. The number of amidine groups is 1. The summed E-state index contributed by atoms with van der Waals surface area (Å²) in [5.74, 6) is 0.539. The number of hydrogen-bond acceptors (Lipinski definition) is 3. The highest BCUT2D eigenvalue weighted by Gasteiger charge is 2.21. The number of sulfonamides is 1. The Morgan fingerprint density at radius 2 is 1.44 bits per heavy atom. The van der Waals surface area contributed by atoms with Crippen molar-refractivity contribution in [3.8, 4) is 5.75 Å². The van der Waals surface area contributed by atoms with E-state index in [1.165, 1.54) is 0 Å². The van der Waals surface area contributed by atoms with E-state index in [9.17, 15) is 13.5 Å². The zero-order chi connectivity index (χ0) is 19.4. The van der Waals surface area contributed by atoms with Crippen molar-refractivity contribution in [2.75, 3.05) is 5.32 Å². The lowest BCUT2D eigenvalue weighted by molar-refractivity contribution is -0.266. The fourth-order valence-corrected chi connectivity index (χ4v) is 3.70. The van der Waals surface area contributed by atoms with Crippen molar-refractivity contribution in [2.24, 2.45) is 0 Å². The van der Waals surface area contributed by atoms with Gasteiger partial charge in [0.2, 0.25) is 0 Å². The maximum atomic E-state index is 12.8. The average Bonchev–Trinajstić information content (AvgIpc) is 2.69. The molecule has 0 unspecified atom stereocenters. The van der Waals surface area contributed by atoms with Gasteiger partial charge in [0.25, 0.3) is 5.84 Å². The molecule has 3 aromatic rings. The molecule has 0 heterocycles. The molecule has 3 aromatic carbocycles. The van der Waals surface area contributed by atoms with Crippen molar-refractivity contribution in [2.45, 2.75) is 18.7 Å². The highest BCUT2D eigenvalue weighted by atomic mass is 32.2. The third kappa shape index (κ3) is 4.17. The maximum absolute atomic E-state index is 12.8. The third-order valence-corrected chi connectivity index (χ3v) is 5.74. The van der Waals surface area contributed by atoms with E-state index in [4.69, 9.17) is 0 Å². The zero-order valence-electron chi connectivity index (χ0n) is 15.1. The molecule has 3 rings (SSSR count). The van der Waals surface area contributed by atoms with E-state index in [-0.39, 0.29) is 10.6 Å². The van der Waals surface area contributed by atoms with Crippen molar-refractivity contribution in [3.63, 3.8) is 0 Å². The minimum atomic E-state index is -3.76. The first-order valence-electron chi connectivity index (χ1n) is 8.45. The summed E-state index contributed by atoms with van der Waals surface area (Å²) in [4.78, 5) is 0.179. The first-order chi connectivity index (χ1) is 12.9. The predicted octanol–water partition coefficient (Wildman–Crippen LogP) is 2.34. The molecule has 27 heavy (non-hydrogen) atoms. The second kappa shape index (κ2) is 7.63. The topological polar surface area (TPSA) is 80.4 Å². The van der Waals surface area contributed by atoms with Gasteiger partial charge in [0.05, 0.1) is 5.56 Å². The van der Waals surface area contributed by atoms with Crippen LogP contribution < -0.4 is 9.71 Å². The summed E-state index contributed by atoms with van der Waals surface area (Å²) in [5.41, 5.74) is 2.97. The van der Waals surface area contributed by atoms with Crippen LogP contribution in [-0.2, 0) is 10.0 Å². The molecule has 0 aliphatic heterocycles. The summed E-state index contributed by atoms with van der Waals surface area (Å²) < 4.78 is 28.3. The molecule has 0 amide bonds. The largest absolute Gasteiger partial charge is 0.508 e. The molecule has 3 N–H and O–H groups in total. The molecule has 138 valence electrons. The van der Waals surface area contributed by atoms with Crippen LogP contribution in [0.4, 0.5) is 5.69 Å². The zero-order valence-corrected chi connectivity index (χ0v) is 15.9. The van der Waals surface area contributed by atoms with Gasteiger partial charge in [-0.1, -0.05) is 36.4 Å². The van der Waals surface area contributed by atoms with Crippen molar-refractivity contribution in [1.82, 2.24) is 0 Å². The molecule has 6 heteroatoms. The van der Waals surface area contributed by atoms with Gasteiger partial charge in [0.1, 0.15) is 16.3 Å². The lowest BCUT2D eigenvalue weighted by Gasteiger charge is -2.09. The van der Waals surface area contributed by atoms with Crippen molar-refractivity contribution in [3.05, 3.63) is 89.5 Å². The van der Waals surface area contributed by atoms with Gasteiger partial charge in [0.15, 0.2) is 0 Å². The summed E-state index contributed by atoms with van der Waals surface area (Å²) in [7, 11) is -3.76. The third-order valence-electron chi connectivity index (χ3n) is 4.37. The van der Waals surface area contributed by atoms with Crippen molar-refractivity contribution in [1.29, 1.82) is 0 Å². The monoisotopic (exact) mass is 381 g/mol. The highest BCUT2D eigenvalue weighted by Crippen LogP contribution is 2.26. The second-order valence-corrected chi connectivity index (χ2v) is 7.85. The van der Waals surface area contributed by atoms with E-state index in [0.717, 1.165) is 11.1 Å². The maximum Gasteiger partial charge on any atom is 0.328 e. The van der Waals surface area contributed by atoms with E-state index < -0.39 is 10.0 Å². The van der Waals surface area contributed by atoms with Crippen LogP contribution in [0.25, 0.3) is 0 Å². The summed E-state index contributed by atoms with van der Waals surface area (Å²) in [6.07, 6.45) is 0. The highest BCUT2D eigenvalue weighted by molar-refractivity contribution is 7.84. The summed E-state index contributed by atoms with van der Waals surface area (Å²) in [5, 5.41) is 13.0. The predicted molar refractivity (Wildman–Crippen MR) is 106 cm³/mol. The Bertz CT molecular complexity index is 1080. The lowest BCUT2D eigenvalue weighted by Crippen LogP contribution is -2.78. The van der Waals surface area contributed by atoms with Gasteiger partial charge in [-0.05, 0) is 55.8 Å². The van der Waals surface area contributed by atoms with Crippen LogP contribution in [0.1, 0.15) is 16.7 Å². The average molecular weight is 381 g/mol. The Balaban J connectivity index is 2.10. The minimum absolute atomic E-state index is 0.179. The number of rotatable bonds is 4. The van der Waals surface area contributed by atoms with Gasteiger partial charge in [0, 0.05) is 5.56 Å². The van der Waals surface area contributed by atoms with Gasteiger partial charge in [-0.15, -0.1) is 0 Å². The van der Waals surface area contributed by atoms with Crippen LogP contribution in [0, 0.1) is 13.8 Å². The smallest absolute Gasteiger partial charge is 0.328 e. The molecule has 0 saturated carbocycles. The molecular weight excluding hydrogens is 360 g/mol. The summed E-state index contributed by atoms with van der Waals surface area (Å²) in [6, 6.07) is 20.7. The van der Waals surface area contributed by atoms with Crippen LogP contribution in [0.15, 0.2) is 77.7 Å². The van der Waals surface area contributed by atoms with E-state index in [1.54, 1.807) is 42.5 Å². The molecule has 0 radical (unpaired) electrons. The van der Waals surface area contributed by atoms with E-state index in [1.807, 2.05) is 44.2 Å². The van der Waals surface area contributed by atoms with Crippen LogP contribution >= 0.6 is 0 Å². The van der Waals surface area contributed by atoms with Gasteiger partial charge in [-0.25, -0.2) is 5.32 Å². The Morgan fingerprint density at radius 1 is 0.852 bits per heavy atom.